The lowest BCUT2D eigenvalue weighted by Gasteiger charge is -2.50. The van der Waals surface area contributed by atoms with Gasteiger partial charge < -0.3 is 20.1 Å². The number of amides is 1. The third kappa shape index (κ3) is 5.01. The van der Waals surface area contributed by atoms with Crippen LogP contribution in [0.15, 0.2) is 16.6 Å². The standard InChI is InChI=1S/C17H22BrClN2O4/c1-10-5-11(18)13(6-12(10)19)20-17(7-14(22)23)8-21(9-17)15(24)25-16(2,3)4/h5-6,20H,7-9H2,1-4H3,(H,22,23). The lowest BCUT2D eigenvalue weighted by Crippen LogP contribution is -2.68. The zero-order valence-corrected chi connectivity index (χ0v) is 17.0. The lowest BCUT2D eigenvalue weighted by atomic mass is 9.86. The van der Waals surface area contributed by atoms with Crippen LogP contribution in [0.2, 0.25) is 5.02 Å². The number of carboxylic acid groups (broad SMARTS) is 1. The number of ether oxygens (including phenoxy) is 1. The fourth-order valence-corrected chi connectivity index (χ4v) is 3.41. The number of carbonyl (C=O) groups excluding carboxylic acids is 1. The molecule has 8 heteroatoms. The van der Waals surface area contributed by atoms with Gasteiger partial charge in [0.25, 0.3) is 0 Å². The summed E-state index contributed by atoms with van der Waals surface area (Å²) in [4.78, 5) is 24.9. The zero-order chi connectivity index (χ0) is 19.0. The van der Waals surface area contributed by atoms with Gasteiger partial charge in [-0.15, -0.1) is 0 Å². The van der Waals surface area contributed by atoms with Crippen LogP contribution in [-0.2, 0) is 9.53 Å². The highest BCUT2D eigenvalue weighted by Crippen LogP contribution is 2.36. The fourth-order valence-electron chi connectivity index (χ4n) is 2.69. The Morgan fingerprint density at radius 1 is 1.40 bits per heavy atom. The average Bonchev–Trinajstić information content (AvgIpc) is 2.38. The Balaban J connectivity index is 2.15. The van der Waals surface area contributed by atoms with Crippen molar-refractivity contribution in [2.24, 2.45) is 0 Å². The smallest absolute Gasteiger partial charge is 0.410 e. The molecule has 1 aromatic carbocycles. The van der Waals surface area contributed by atoms with Gasteiger partial charge in [0.2, 0.25) is 0 Å². The molecule has 1 aliphatic heterocycles. The van der Waals surface area contributed by atoms with E-state index in [4.69, 9.17) is 16.3 Å². The highest BCUT2D eigenvalue weighted by molar-refractivity contribution is 9.10. The Labute approximate surface area is 160 Å². The monoisotopic (exact) mass is 432 g/mol. The molecule has 0 bridgehead atoms. The van der Waals surface area contributed by atoms with Gasteiger partial charge in [0.05, 0.1) is 17.6 Å². The predicted molar refractivity (Wildman–Crippen MR) is 100 cm³/mol. The van der Waals surface area contributed by atoms with Gasteiger partial charge in [-0.05, 0) is 61.3 Å². The minimum absolute atomic E-state index is 0.121. The lowest BCUT2D eigenvalue weighted by molar-refractivity contribution is -0.139. The number of hydrogen-bond acceptors (Lipinski definition) is 4. The maximum Gasteiger partial charge on any atom is 0.410 e. The van der Waals surface area contributed by atoms with Crippen LogP contribution in [0.3, 0.4) is 0 Å². The van der Waals surface area contributed by atoms with Crippen LogP contribution in [0.1, 0.15) is 32.8 Å². The number of aryl methyl sites for hydroxylation is 1. The van der Waals surface area contributed by atoms with Crippen molar-refractivity contribution in [3.63, 3.8) is 0 Å². The number of nitrogens with one attached hydrogen (secondary N) is 1. The molecule has 138 valence electrons. The van der Waals surface area contributed by atoms with E-state index in [0.29, 0.717) is 10.7 Å². The number of anilines is 1. The highest BCUT2D eigenvalue weighted by atomic mass is 79.9. The maximum absolute atomic E-state index is 12.1. The molecule has 1 aromatic rings. The van der Waals surface area contributed by atoms with Crippen LogP contribution < -0.4 is 5.32 Å². The molecule has 1 saturated heterocycles. The Morgan fingerprint density at radius 3 is 2.52 bits per heavy atom. The van der Waals surface area contributed by atoms with Gasteiger partial charge in [0, 0.05) is 22.6 Å². The van der Waals surface area contributed by atoms with Crippen molar-refractivity contribution in [3.8, 4) is 0 Å². The van der Waals surface area contributed by atoms with Crippen molar-refractivity contribution in [3.05, 3.63) is 27.2 Å². The first kappa shape index (κ1) is 19.8. The second-order valence-corrected chi connectivity index (χ2v) is 8.66. The Morgan fingerprint density at radius 2 is 2.00 bits per heavy atom. The molecular weight excluding hydrogens is 412 g/mol. The molecule has 0 aliphatic carbocycles. The first-order chi connectivity index (χ1) is 11.4. The third-order valence-electron chi connectivity index (χ3n) is 3.78. The van der Waals surface area contributed by atoms with E-state index in [1.54, 1.807) is 26.8 Å². The number of likely N-dealkylation sites (tertiary alicyclic amines) is 1. The molecule has 2 N–H and O–H groups in total. The molecule has 0 unspecified atom stereocenters. The van der Waals surface area contributed by atoms with Crippen LogP contribution in [-0.4, -0.2) is 46.3 Å². The van der Waals surface area contributed by atoms with Crippen molar-refractivity contribution in [2.45, 2.75) is 45.3 Å². The SMILES string of the molecule is Cc1cc(Br)c(NC2(CC(=O)O)CN(C(=O)OC(C)(C)C)C2)cc1Cl. The predicted octanol–water partition coefficient (Wildman–Crippen LogP) is 4.29. The van der Waals surface area contributed by atoms with Crippen molar-refractivity contribution >= 4 is 45.3 Å². The quantitative estimate of drug-likeness (QED) is 0.740. The number of carbonyl (C=O) groups is 2. The summed E-state index contributed by atoms with van der Waals surface area (Å²) in [6, 6.07) is 3.62. The van der Waals surface area contributed by atoms with E-state index >= 15 is 0 Å². The number of carboxylic acids is 1. The van der Waals surface area contributed by atoms with E-state index in [2.05, 4.69) is 21.2 Å². The Kier molecular flexibility index (Phi) is 5.59. The molecule has 1 fully saturated rings. The molecule has 1 heterocycles. The number of nitrogens with zero attached hydrogens (tertiary/aromatic N) is 1. The first-order valence-electron chi connectivity index (χ1n) is 7.84. The maximum atomic E-state index is 12.1. The summed E-state index contributed by atoms with van der Waals surface area (Å²) in [6.45, 7) is 7.74. The van der Waals surface area contributed by atoms with E-state index < -0.39 is 23.2 Å². The summed E-state index contributed by atoms with van der Waals surface area (Å²) in [5.74, 6) is -0.939. The largest absolute Gasteiger partial charge is 0.481 e. The molecule has 0 aromatic heterocycles. The molecule has 0 spiro atoms. The van der Waals surface area contributed by atoms with Crippen LogP contribution >= 0.6 is 27.5 Å². The summed E-state index contributed by atoms with van der Waals surface area (Å²) < 4.78 is 6.12. The molecule has 1 aliphatic rings. The van der Waals surface area contributed by atoms with E-state index in [1.807, 2.05) is 13.0 Å². The molecule has 6 nitrogen and oxygen atoms in total. The summed E-state index contributed by atoms with van der Waals surface area (Å²) in [5, 5.41) is 13.1. The van der Waals surface area contributed by atoms with Gasteiger partial charge in [0.1, 0.15) is 5.60 Å². The van der Waals surface area contributed by atoms with E-state index in [-0.39, 0.29) is 19.5 Å². The zero-order valence-electron chi connectivity index (χ0n) is 14.7. The van der Waals surface area contributed by atoms with Crippen molar-refractivity contribution in [1.29, 1.82) is 0 Å². The molecular formula is C17H22BrClN2O4. The second kappa shape index (κ2) is 7.03. The number of hydrogen-bond donors (Lipinski definition) is 2. The Bertz CT molecular complexity index is 697. The molecule has 25 heavy (non-hydrogen) atoms. The summed E-state index contributed by atoms with van der Waals surface area (Å²) >= 11 is 9.64. The van der Waals surface area contributed by atoms with Gasteiger partial charge in [0.15, 0.2) is 0 Å². The molecule has 0 atom stereocenters. The van der Waals surface area contributed by atoms with Gasteiger partial charge in [-0.25, -0.2) is 4.79 Å². The van der Waals surface area contributed by atoms with Gasteiger partial charge in [-0.3, -0.25) is 4.79 Å². The van der Waals surface area contributed by atoms with Crippen molar-refractivity contribution < 1.29 is 19.4 Å². The summed E-state index contributed by atoms with van der Waals surface area (Å²) in [7, 11) is 0. The van der Waals surface area contributed by atoms with E-state index in [9.17, 15) is 14.7 Å². The number of benzene rings is 1. The van der Waals surface area contributed by atoms with Gasteiger partial charge in [-0.2, -0.15) is 0 Å². The van der Waals surface area contributed by atoms with Crippen LogP contribution in [0, 0.1) is 6.92 Å². The third-order valence-corrected chi connectivity index (χ3v) is 4.84. The van der Waals surface area contributed by atoms with E-state index in [1.165, 1.54) is 4.90 Å². The molecule has 0 radical (unpaired) electrons. The van der Waals surface area contributed by atoms with Crippen LogP contribution in [0.4, 0.5) is 10.5 Å². The van der Waals surface area contributed by atoms with Crippen molar-refractivity contribution in [2.75, 3.05) is 18.4 Å². The van der Waals surface area contributed by atoms with Crippen molar-refractivity contribution in [1.82, 2.24) is 4.90 Å². The molecule has 2 rings (SSSR count). The van der Waals surface area contributed by atoms with Gasteiger partial charge >= 0.3 is 12.1 Å². The number of rotatable bonds is 4. The number of aliphatic carboxylic acids is 1. The first-order valence-corrected chi connectivity index (χ1v) is 9.01. The summed E-state index contributed by atoms with van der Waals surface area (Å²) in [6.07, 6.45) is -0.569. The fraction of sp³-hybridized carbons (Fsp3) is 0.529. The second-order valence-electron chi connectivity index (χ2n) is 7.39. The Hall–Kier alpha value is -1.47. The van der Waals surface area contributed by atoms with E-state index in [0.717, 1.165) is 10.0 Å². The topological polar surface area (TPSA) is 78.9 Å². The van der Waals surface area contributed by atoms with Gasteiger partial charge in [-0.1, -0.05) is 11.6 Å². The van der Waals surface area contributed by atoms with Crippen LogP contribution in [0.5, 0.6) is 0 Å². The normalized spacial score (nSPS) is 16.2. The highest BCUT2D eigenvalue weighted by Gasteiger charge is 2.48. The number of halogens is 2. The van der Waals surface area contributed by atoms with Crippen LogP contribution in [0.25, 0.3) is 0 Å². The minimum atomic E-state index is -0.939. The molecule has 0 saturated carbocycles. The average molecular weight is 434 g/mol. The minimum Gasteiger partial charge on any atom is -0.481 e. The summed E-state index contributed by atoms with van der Waals surface area (Å²) in [5.41, 5.74) is 0.253. The molecule has 1 amide bonds.